The molecule has 0 fully saturated rings. The molecule has 0 unspecified atom stereocenters. The Morgan fingerprint density at radius 1 is 1.26 bits per heavy atom. The molecule has 31 heavy (non-hydrogen) atoms. The number of nitrogens with one attached hydrogen (secondary N) is 1. The SMILES string of the molecule is Cc1nn(Cc2ccc(OC(F)(F)F)c(Cl)c2)c2cc(F)c(C(=O)NS(C)(=O)=O)cc12. The van der Waals surface area contributed by atoms with Gasteiger partial charge in [0.1, 0.15) is 11.6 Å². The molecule has 13 heteroatoms. The number of alkyl halides is 3. The molecule has 0 bridgehead atoms. The number of carbonyl (C=O) groups excluding carboxylic acids is 1. The van der Waals surface area contributed by atoms with Crippen molar-refractivity contribution >= 4 is 38.4 Å². The van der Waals surface area contributed by atoms with Gasteiger partial charge in [0.05, 0.1) is 34.6 Å². The molecule has 0 aliphatic heterocycles. The minimum Gasteiger partial charge on any atom is -0.404 e. The lowest BCUT2D eigenvalue weighted by Crippen LogP contribution is -2.30. The first kappa shape index (κ1) is 22.8. The van der Waals surface area contributed by atoms with E-state index in [4.69, 9.17) is 11.6 Å². The molecule has 1 heterocycles. The number of sulfonamides is 1. The molecule has 0 radical (unpaired) electrons. The predicted octanol–water partition coefficient (Wildman–Crippen LogP) is 3.77. The number of aryl methyl sites for hydroxylation is 1. The molecular weight excluding hydrogens is 466 g/mol. The molecule has 3 aromatic rings. The molecular formula is C18H14ClF4N3O4S. The molecule has 1 amide bonds. The van der Waals surface area contributed by atoms with Gasteiger partial charge in [-0.1, -0.05) is 17.7 Å². The van der Waals surface area contributed by atoms with Crippen LogP contribution in [0.3, 0.4) is 0 Å². The fourth-order valence-electron chi connectivity index (χ4n) is 2.90. The minimum absolute atomic E-state index is 0.0324. The van der Waals surface area contributed by atoms with Crippen LogP contribution in [-0.4, -0.2) is 36.7 Å². The summed E-state index contributed by atoms with van der Waals surface area (Å²) in [5, 5.41) is 4.38. The molecule has 0 atom stereocenters. The maximum atomic E-state index is 14.5. The van der Waals surface area contributed by atoms with Crippen molar-refractivity contribution in [3.63, 3.8) is 0 Å². The number of fused-ring (bicyclic) bond motifs is 1. The average Bonchev–Trinajstić information content (AvgIpc) is 2.89. The van der Waals surface area contributed by atoms with Crippen LogP contribution in [0.25, 0.3) is 10.9 Å². The number of hydrogen-bond donors (Lipinski definition) is 1. The lowest BCUT2D eigenvalue weighted by atomic mass is 10.1. The summed E-state index contributed by atoms with van der Waals surface area (Å²) in [6.07, 6.45) is -4.13. The monoisotopic (exact) mass is 479 g/mol. The van der Waals surface area contributed by atoms with E-state index in [1.54, 1.807) is 11.6 Å². The number of aromatic nitrogens is 2. The van der Waals surface area contributed by atoms with Gasteiger partial charge in [0.15, 0.2) is 0 Å². The molecule has 7 nitrogen and oxygen atoms in total. The second-order valence-corrected chi connectivity index (χ2v) is 8.76. The summed E-state index contributed by atoms with van der Waals surface area (Å²) in [6.45, 7) is 1.63. The predicted molar refractivity (Wildman–Crippen MR) is 104 cm³/mol. The number of carbonyl (C=O) groups is 1. The second kappa shape index (κ2) is 8.00. The lowest BCUT2D eigenvalue weighted by Gasteiger charge is -2.12. The van der Waals surface area contributed by atoms with Crippen LogP contribution in [0.4, 0.5) is 17.6 Å². The molecule has 0 aliphatic rings. The number of halogens is 5. The van der Waals surface area contributed by atoms with Crippen LogP contribution in [-0.2, 0) is 16.6 Å². The van der Waals surface area contributed by atoms with Crippen molar-refractivity contribution in [1.82, 2.24) is 14.5 Å². The number of rotatable bonds is 5. The van der Waals surface area contributed by atoms with Gasteiger partial charge in [0.25, 0.3) is 5.91 Å². The molecule has 2 aromatic carbocycles. The highest BCUT2D eigenvalue weighted by Crippen LogP contribution is 2.31. The Labute approximate surface area is 178 Å². The maximum Gasteiger partial charge on any atom is 0.573 e. The summed E-state index contributed by atoms with van der Waals surface area (Å²) >= 11 is 5.85. The number of benzene rings is 2. The fourth-order valence-corrected chi connectivity index (χ4v) is 3.58. The molecule has 1 N–H and O–H groups in total. The Bertz CT molecular complexity index is 1290. The van der Waals surface area contributed by atoms with Gasteiger partial charge in [-0.05, 0) is 30.7 Å². The Hall–Kier alpha value is -2.86. The highest BCUT2D eigenvalue weighted by Gasteiger charge is 2.32. The van der Waals surface area contributed by atoms with Crippen molar-refractivity contribution in [2.45, 2.75) is 19.8 Å². The molecule has 0 aliphatic carbocycles. The Morgan fingerprint density at radius 3 is 2.52 bits per heavy atom. The third kappa shape index (κ3) is 5.44. The number of nitrogens with zero attached hydrogens (tertiary/aromatic N) is 2. The van der Waals surface area contributed by atoms with Gasteiger partial charge in [-0.15, -0.1) is 13.2 Å². The van der Waals surface area contributed by atoms with Crippen LogP contribution in [0.1, 0.15) is 21.6 Å². The molecule has 3 rings (SSSR count). The van der Waals surface area contributed by atoms with Crippen LogP contribution >= 0.6 is 11.6 Å². The van der Waals surface area contributed by atoms with E-state index in [-0.39, 0.29) is 17.1 Å². The van der Waals surface area contributed by atoms with Crippen LogP contribution in [0.15, 0.2) is 30.3 Å². The average molecular weight is 480 g/mol. The van der Waals surface area contributed by atoms with Gasteiger partial charge < -0.3 is 4.74 Å². The van der Waals surface area contributed by atoms with Gasteiger partial charge in [0.2, 0.25) is 10.0 Å². The van der Waals surface area contributed by atoms with Gasteiger partial charge in [-0.25, -0.2) is 17.5 Å². The summed E-state index contributed by atoms with van der Waals surface area (Å²) in [5.74, 6) is -2.66. The standard InChI is InChI=1S/C18H14ClF4N3O4S/c1-9-11-6-12(17(27)25-31(2,28)29)14(20)7-15(11)26(24-9)8-10-3-4-16(13(19)5-10)30-18(21,22)23/h3-7H,8H2,1-2H3,(H,25,27). The summed E-state index contributed by atoms with van der Waals surface area (Å²) in [7, 11) is -3.89. The Balaban J connectivity index is 1.95. The zero-order valence-electron chi connectivity index (χ0n) is 15.9. The first-order valence-electron chi connectivity index (χ1n) is 8.46. The summed E-state index contributed by atoms with van der Waals surface area (Å²) in [4.78, 5) is 12.0. The number of amides is 1. The van der Waals surface area contributed by atoms with Crippen molar-refractivity contribution in [3.05, 3.63) is 58.0 Å². The first-order valence-corrected chi connectivity index (χ1v) is 10.7. The molecule has 0 saturated heterocycles. The largest absolute Gasteiger partial charge is 0.573 e. The van der Waals surface area contributed by atoms with Gasteiger partial charge >= 0.3 is 6.36 Å². The molecule has 0 spiro atoms. The van der Waals surface area contributed by atoms with E-state index in [1.807, 2.05) is 0 Å². The van der Waals surface area contributed by atoms with Gasteiger partial charge in [-0.3, -0.25) is 9.48 Å². The van der Waals surface area contributed by atoms with Crippen molar-refractivity contribution in [2.24, 2.45) is 0 Å². The normalized spacial score (nSPS) is 12.2. The van der Waals surface area contributed by atoms with Crippen molar-refractivity contribution in [3.8, 4) is 5.75 Å². The number of ether oxygens (including phenoxy) is 1. The van der Waals surface area contributed by atoms with E-state index < -0.39 is 39.4 Å². The Kier molecular flexibility index (Phi) is 5.89. The molecule has 0 saturated carbocycles. The first-order chi connectivity index (χ1) is 14.2. The fraction of sp³-hybridized carbons (Fsp3) is 0.222. The van der Waals surface area contributed by atoms with Crippen LogP contribution in [0.2, 0.25) is 5.02 Å². The summed E-state index contributed by atoms with van der Waals surface area (Å²) < 4.78 is 81.0. The van der Waals surface area contributed by atoms with E-state index in [0.29, 0.717) is 16.6 Å². The van der Waals surface area contributed by atoms with E-state index in [2.05, 4.69) is 9.84 Å². The summed E-state index contributed by atoms with van der Waals surface area (Å²) in [6, 6.07) is 5.86. The zero-order chi connectivity index (χ0) is 23.1. The molecule has 1 aromatic heterocycles. The van der Waals surface area contributed by atoms with Crippen LogP contribution in [0.5, 0.6) is 5.75 Å². The number of hydrogen-bond acceptors (Lipinski definition) is 5. The van der Waals surface area contributed by atoms with Gasteiger partial charge in [0, 0.05) is 11.5 Å². The third-order valence-electron chi connectivity index (χ3n) is 4.10. The van der Waals surface area contributed by atoms with Gasteiger partial charge in [-0.2, -0.15) is 5.10 Å². The highest BCUT2D eigenvalue weighted by atomic mass is 35.5. The maximum absolute atomic E-state index is 14.5. The third-order valence-corrected chi connectivity index (χ3v) is 4.95. The van der Waals surface area contributed by atoms with E-state index in [1.165, 1.54) is 22.9 Å². The van der Waals surface area contributed by atoms with E-state index in [9.17, 15) is 30.8 Å². The van der Waals surface area contributed by atoms with Crippen molar-refractivity contribution in [2.75, 3.05) is 6.26 Å². The van der Waals surface area contributed by atoms with E-state index >= 15 is 0 Å². The van der Waals surface area contributed by atoms with E-state index in [0.717, 1.165) is 18.4 Å². The van der Waals surface area contributed by atoms with Crippen LogP contribution < -0.4 is 9.46 Å². The molecule has 166 valence electrons. The highest BCUT2D eigenvalue weighted by molar-refractivity contribution is 7.89. The zero-order valence-corrected chi connectivity index (χ0v) is 17.5. The summed E-state index contributed by atoms with van der Waals surface area (Å²) in [5.41, 5.74) is 0.699. The second-order valence-electron chi connectivity index (χ2n) is 6.61. The smallest absolute Gasteiger partial charge is 0.404 e. The minimum atomic E-state index is -4.89. The lowest BCUT2D eigenvalue weighted by molar-refractivity contribution is -0.274. The Morgan fingerprint density at radius 2 is 1.94 bits per heavy atom. The van der Waals surface area contributed by atoms with Crippen molar-refractivity contribution in [1.29, 1.82) is 0 Å². The topological polar surface area (TPSA) is 90.3 Å². The van der Waals surface area contributed by atoms with Crippen LogP contribution in [0, 0.1) is 12.7 Å². The van der Waals surface area contributed by atoms with Crippen molar-refractivity contribution < 1.29 is 35.5 Å². The quantitative estimate of drug-likeness (QED) is 0.563.